The Morgan fingerprint density at radius 3 is 2.67 bits per heavy atom. The minimum absolute atomic E-state index is 0.0916. The van der Waals surface area contributed by atoms with Gasteiger partial charge in [0.2, 0.25) is 0 Å². The average Bonchev–Trinajstić information content (AvgIpc) is 3.55. The summed E-state index contributed by atoms with van der Waals surface area (Å²) in [6, 6.07) is 14.7. The third kappa shape index (κ3) is 5.77. The molecule has 0 spiro atoms. The Morgan fingerprint density at radius 2 is 1.91 bits per heavy atom. The third-order valence-electron chi connectivity index (χ3n) is 7.41. The molecule has 2 fully saturated rings. The number of nitrogens with zero attached hydrogens (tertiary/aromatic N) is 1. The summed E-state index contributed by atoms with van der Waals surface area (Å²) in [5.41, 5.74) is 4.89. The van der Waals surface area contributed by atoms with E-state index >= 15 is 0 Å². The Morgan fingerprint density at radius 1 is 1.06 bits per heavy atom. The van der Waals surface area contributed by atoms with Gasteiger partial charge in [0.1, 0.15) is 5.75 Å². The Hall–Kier alpha value is -2.37. The van der Waals surface area contributed by atoms with Gasteiger partial charge in [0.05, 0.1) is 13.2 Å². The first-order valence-corrected chi connectivity index (χ1v) is 12.5. The summed E-state index contributed by atoms with van der Waals surface area (Å²) in [7, 11) is 1.94. The minimum atomic E-state index is 0.0916. The standard InChI is InChI=1S/C28H36N2O3/c1-30(28(31)23-7-10-27(11-8-23)33-19-20-2-3-20)26-9-6-24-14-21(4-5-25(24)15-26)16-29-17-22-12-13-32-18-22/h4-5,7-8,10-11,14,20,22,26,29H,2-3,6,9,12-13,15-19H2,1H3. The third-order valence-corrected chi connectivity index (χ3v) is 7.41. The lowest BCUT2D eigenvalue weighted by Crippen LogP contribution is -2.40. The lowest BCUT2D eigenvalue weighted by Gasteiger charge is -2.33. The molecular formula is C28H36N2O3. The van der Waals surface area contributed by atoms with Crippen molar-refractivity contribution in [2.24, 2.45) is 11.8 Å². The summed E-state index contributed by atoms with van der Waals surface area (Å²) in [6.45, 7) is 4.53. The first-order chi connectivity index (χ1) is 16.2. The molecule has 3 aliphatic rings. The highest BCUT2D eigenvalue weighted by Gasteiger charge is 2.26. The van der Waals surface area contributed by atoms with Crippen LogP contribution < -0.4 is 10.1 Å². The van der Waals surface area contributed by atoms with Crippen LogP contribution in [0.2, 0.25) is 0 Å². The van der Waals surface area contributed by atoms with Gasteiger partial charge in [-0.2, -0.15) is 0 Å². The van der Waals surface area contributed by atoms with Gasteiger partial charge < -0.3 is 19.7 Å². The lowest BCUT2D eigenvalue weighted by molar-refractivity contribution is 0.0719. The van der Waals surface area contributed by atoms with Gasteiger partial charge in [-0.05, 0) is 91.3 Å². The molecule has 0 radical (unpaired) electrons. The van der Waals surface area contributed by atoms with Gasteiger partial charge in [-0.15, -0.1) is 0 Å². The van der Waals surface area contributed by atoms with Crippen LogP contribution in [-0.4, -0.2) is 50.3 Å². The van der Waals surface area contributed by atoms with Crippen LogP contribution in [0.3, 0.4) is 0 Å². The molecule has 1 amide bonds. The first kappa shape index (κ1) is 22.4. The van der Waals surface area contributed by atoms with Gasteiger partial charge in [0, 0.05) is 38.3 Å². The Labute approximate surface area is 197 Å². The summed E-state index contributed by atoms with van der Waals surface area (Å²) in [5, 5.41) is 3.59. The van der Waals surface area contributed by atoms with Crippen LogP contribution in [0.5, 0.6) is 5.75 Å². The molecule has 1 heterocycles. The van der Waals surface area contributed by atoms with Crippen molar-refractivity contribution < 1.29 is 14.3 Å². The normalized spacial score (nSPS) is 22.1. The molecule has 1 N–H and O–H groups in total. The number of ether oxygens (including phenoxy) is 2. The smallest absolute Gasteiger partial charge is 0.253 e. The maximum absolute atomic E-state index is 13.1. The number of amides is 1. The highest BCUT2D eigenvalue weighted by atomic mass is 16.5. The Kier molecular flexibility index (Phi) is 6.98. The molecule has 5 nitrogen and oxygen atoms in total. The predicted molar refractivity (Wildman–Crippen MR) is 130 cm³/mol. The number of fused-ring (bicyclic) bond motifs is 1. The first-order valence-electron chi connectivity index (χ1n) is 12.5. The second-order valence-corrected chi connectivity index (χ2v) is 10.1. The van der Waals surface area contributed by atoms with E-state index in [1.807, 2.05) is 36.2 Å². The molecule has 0 bridgehead atoms. The van der Waals surface area contributed by atoms with Crippen LogP contribution in [0.15, 0.2) is 42.5 Å². The molecule has 1 aliphatic heterocycles. The van der Waals surface area contributed by atoms with E-state index in [2.05, 4.69) is 23.5 Å². The molecule has 1 saturated heterocycles. The van der Waals surface area contributed by atoms with Crippen LogP contribution in [0.1, 0.15) is 52.7 Å². The predicted octanol–water partition coefficient (Wildman–Crippen LogP) is 4.23. The Bertz CT molecular complexity index is 948. The molecule has 2 atom stereocenters. The van der Waals surface area contributed by atoms with E-state index in [-0.39, 0.29) is 11.9 Å². The highest BCUT2D eigenvalue weighted by Crippen LogP contribution is 2.30. The van der Waals surface area contributed by atoms with E-state index in [0.717, 1.165) is 69.4 Å². The van der Waals surface area contributed by atoms with E-state index in [1.54, 1.807) is 0 Å². The van der Waals surface area contributed by atoms with Crippen molar-refractivity contribution >= 4 is 5.91 Å². The summed E-state index contributed by atoms with van der Waals surface area (Å²) in [4.78, 5) is 15.0. The quantitative estimate of drug-likeness (QED) is 0.624. The van der Waals surface area contributed by atoms with Crippen molar-refractivity contribution in [3.63, 3.8) is 0 Å². The summed E-state index contributed by atoms with van der Waals surface area (Å²) in [6.07, 6.45) is 6.68. The van der Waals surface area contributed by atoms with Gasteiger partial charge in [0.25, 0.3) is 5.91 Å². The number of benzene rings is 2. The summed E-state index contributed by atoms with van der Waals surface area (Å²) < 4.78 is 11.3. The van der Waals surface area contributed by atoms with Crippen LogP contribution in [0.25, 0.3) is 0 Å². The molecule has 2 aromatic rings. The molecule has 2 aromatic carbocycles. The number of carbonyl (C=O) groups excluding carboxylic acids is 1. The summed E-state index contributed by atoms with van der Waals surface area (Å²) in [5.74, 6) is 2.33. The van der Waals surface area contributed by atoms with Gasteiger partial charge in [-0.1, -0.05) is 18.2 Å². The summed E-state index contributed by atoms with van der Waals surface area (Å²) >= 11 is 0. The van der Waals surface area contributed by atoms with Gasteiger partial charge in [0.15, 0.2) is 0 Å². The van der Waals surface area contributed by atoms with Crippen molar-refractivity contribution in [2.75, 3.05) is 33.4 Å². The van der Waals surface area contributed by atoms with E-state index in [0.29, 0.717) is 5.92 Å². The molecule has 176 valence electrons. The van der Waals surface area contributed by atoms with E-state index in [4.69, 9.17) is 9.47 Å². The number of hydrogen-bond acceptors (Lipinski definition) is 4. The zero-order valence-corrected chi connectivity index (χ0v) is 19.7. The minimum Gasteiger partial charge on any atom is -0.493 e. The van der Waals surface area contributed by atoms with Crippen LogP contribution in [-0.2, 0) is 24.1 Å². The molecule has 5 heteroatoms. The number of likely N-dealkylation sites (N-methyl/N-ethyl adjacent to an activating group) is 1. The average molecular weight is 449 g/mol. The number of carbonyl (C=O) groups is 1. The fraction of sp³-hybridized carbons (Fsp3) is 0.536. The number of hydrogen-bond donors (Lipinski definition) is 1. The Balaban J connectivity index is 1.13. The zero-order valence-electron chi connectivity index (χ0n) is 19.7. The van der Waals surface area contributed by atoms with Crippen LogP contribution in [0.4, 0.5) is 0 Å². The molecule has 2 aliphatic carbocycles. The van der Waals surface area contributed by atoms with Gasteiger partial charge in [-0.3, -0.25) is 4.79 Å². The van der Waals surface area contributed by atoms with Crippen molar-refractivity contribution in [2.45, 2.75) is 51.1 Å². The second-order valence-electron chi connectivity index (χ2n) is 10.1. The van der Waals surface area contributed by atoms with E-state index < -0.39 is 0 Å². The van der Waals surface area contributed by atoms with Crippen molar-refractivity contribution in [1.82, 2.24) is 10.2 Å². The fourth-order valence-electron chi connectivity index (χ4n) is 4.96. The van der Waals surface area contributed by atoms with Crippen molar-refractivity contribution in [3.8, 4) is 5.75 Å². The highest BCUT2D eigenvalue weighted by molar-refractivity contribution is 5.94. The maximum Gasteiger partial charge on any atom is 0.253 e. The van der Waals surface area contributed by atoms with E-state index in [9.17, 15) is 4.79 Å². The second kappa shape index (κ2) is 10.3. The molecular weight excluding hydrogens is 412 g/mol. The SMILES string of the molecule is CN(C(=O)c1ccc(OCC2CC2)cc1)C1CCc2cc(CNCC3CCOC3)ccc2C1. The van der Waals surface area contributed by atoms with Gasteiger partial charge in [-0.25, -0.2) is 0 Å². The topological polar surface area (TPSA) is 50.8 Å². The molecule has 0 aromatic heterocycles. The number of nitrogens with one attached hydrogen (secondary N) is 1. The van der Waals surface area contributed by atoms with Crippen molar-refractivity contribution in [3.05, 3.63) is 64.7 Å². The lowest BCUT2D eigenvalue weighted by atomic mass is 9.86. The van der Waals surface area contributed by atoms with Crippen LogP contribution >= 0.6 is 0 Å². The van der Waals surface area contributed by atoms with Crippen LogP contribution in [0, 0.1) is 11.8 Å². The molecule has 33 heavy (non-hydrogen) atoms. The molecule has 1 saturated carbocycles. The zero-order chi connectivity index (χ0) is 22.6. The largest absolute Gasteiger partial charge is 0.493 e. The fourth-order valence-corrected chi connectivity index (χ4v) is 4.96. The number of rotatable bonds is 9. The number of aryl methyl sites for hydroxylation is 1. The van der Waals surface area contributed by atoms with Gasteiger partial charge >= 0.3 is 0 Å². The molecule has 5 rings (SSSR count). The molecule has 2 unspecified atom stereocenters. The maximum atomic E-state index is 13.1. The van der Waals surface area contributed by atoms with E-state index in [1.165, 1.54) is 36.0 Å². The monoisotopic (exact) mass is 448 g/mol. The van der Waals surface area contributed by atoms with Crippen molar-refractivity contribution in [1.29, 1.82) is 0 Å².